The predicted octanol–water partition coefficient (Wildman–Crippen LogP) is 4.63. The third-order valence-corrected chi connectivity index (χ3v) is 6.92. The Hall–Kier alpha value is -3.62. The summed E-state index contributed by atoms with van der Waals surface area (Å²) in [5.74, 6) is 0.0813. The van der Waals surface area contributed by atoms with Crippen LogP contribution in [-0.2, 0) is 9.63 Å². The number of rotatable bonds is 3. The standard InChI is InChI=1S/C23H14ClN5O2S/c24-18-14-8-7-13-17(18)19-23(21(30)31-27-19)29(16-11-5-2-6-12-16)28-20(25-26-22(28)32-23)15-9-3-1-4-10-15/h1-14H. The Morgan fingerprint density at radius 3 is 2.31 bits per heavy atom. The van der Waals surface area contributed by atoms with Crippen LogP contribution in [0.5, 0.6) is 0 Å². The number of carbonyl (C=O) groups excluding carboxylic acids is 1. The van der Waals surface area contributed by atoms with Crippen LogP contribution in [0.3, 0.4) is 0 Å². The van der Waals surface area contributed by atoms with Gasteiger partial charge in [0.25, 0.3) is 4.87 Å². The Bertz CT molecular complexity index is 1380. The van der Waals surface area contributed by atoms with Crippen LogP contribution in [0.1, 0.15) is 5.56 Å². The fourth-order valence-electron chi connectivity index (χ4n) is 3.93. The molecule has 3 heterocycles. The quantitative estimate of drug-likeness (QED) is 0.416. The lowest BCUT2D eigenvalue weighted by Crippen LogP contribution is -2.55. The molecule has 1 unspecified atom stereocenters. The summed E-state index contributed by atoms with van der Waals surface area (Å²) in [4.78, 5) is 17.3. The number of carbonyl (C=O) groups is 1. The van der Waals surface area contributed by atoms with Crippen molar-refractivity contribution in [3.8, 4) is 11.4 Å². The molecule has 7 nitrogen and oxygen atoms in total. The minimum Gasteiger partial charge on any atom is -0.314 e. The Labute approximate surface area is 192 Å². The molecule has 6 rings (SSSR count). The molecule has 2 aliphatic heterocycles. The number of thioether (sulfide) groups is 1. The maximum Gasteiger partial charge on any atom is 0.379 e. The van der Waals surface area contributed by atoms with E-state index in [0.717, 1.165) is 11.3 Å². The minimum absolute atomic E-state index is 0.409. The average molecular weight is 460 g/mol. The number of aromatic nitrogens is 3. The van der Waals surface area contributed by atoms with Crippen molar-refractivity contribution in [2.45, 2.75) is 10.0 Å². The first-order valence-corrected chi connectivity index (χ1v) is 11.0. The Morgan fingerprint density at radius 2 is 1.56 bits per heavy atom. The van der Waals surface area contributed by atoms with Gasteiger partial charge >= 0.3 is 5.97 Å². The van der Waals surface area contributed by atoms with Gasteiger partial charge in [-0.15, -0.1) is 10.2 Å². The second-order valence-electron chi connectivity index (χ2n) is 7.18. The smallest absolute Gasteiger partial charge is 0.314 e. The van der Waals surface area contributed by atoms with Gasteiger partial charge in [0.2, 0.25) is 5.16 Å². The summed E-state index contributed by atoms with van der Waals surface area (Å²) in [6.07, 6.45) is 0. The highest BCUT2D eigenvalue weighted by Gasteiger charge is 2.63. The van der Waals surface area contributed by atoms with E-state index in [-0.39, 0.29) is 0 Å². The highest BCUT2D eigenvalue weighted by Crippen LogP contribution is 2.51. The molecule has 0 aliphatic carbocycles. The van der Waals surface area contributed by atoms with Crippen molar-refractivity contribution in [3.05, 3.63) is 95.5 Å². The maximum atomic E-state index is 13.4. The lowest BCUT2D eigenvalue weighted by molar-refractivity contribution is -0.142. The van der Waals surface area contributed by atoms with Crippen molar-refractivity contribution < 1.29 is 9.63 Å². The van der Waals surface area contributed by atoms with Gasteiger partial charge in [-0.2, -0.15) is 0 Å². The summed E-state index contributed by atoms with van der Waals surface area (Å²) < 4.78 is 1.84. The van der Waals surface area contributed by atoms with Gasteiger partial charge in [-0.25, -0.2) is 14.5 Å². The number of fused-ring (bicyclic) bond motifs is 1. The van der Waals surface area contributed by atoms with Crippen LogP contribution in [0.25, 0.3) is 11.4 Å². The summed E-state index contributed by atoms with van der Waals surface area (Å²) in [7, 11) is 0. The van der Waals surface area contributed by atoms with E-state index in [1.54, 1.807) is 6.07 Å². The monoisotopic (exact) mass is 459 g/mol. The molecule has 1 atom stereocenters. The summed E-state index contributed by atoms with van der Waals surface area (Å²) in [5.41, 5.74) is 2.65. The van der Waals surface area contributed by atoms with Crippen LogP contribution in [-0.4, -0.2) is 31.4 Å². The van der Waals surface area contributed by atoms with Gasteiger partial charge in [-0.3, -0.25) is 0 Å². The van der Waals surface area contributed by atoms with Crippen LogP contribution in [0.2, 0.25) is 5.02 Å². The van der Waals surface area contributed by atoms with E-state index in [1.165, 1.54) is 11.8 Å². The van der Waals surface area contributed by atoms with Gasteiger partial charge in [-0.05, 0) is 30.0 Å². The van der Waals surface area contributed by atoms with E-state index >= 15 is 0 Å². The van der Waals surface area contributed by atoms with Gasteiger partial charge < -0.3 is 4.84 Å². The molecule has 0 saturated carbocycles. The fourth-order valence-corrected chi connectivity index (χ4v) is 5.39. The Balaban J connectivity index is 1.61. The topological polar surface area (TPSA) is 72.6 Å². The summed E-state index contributed by atoms with van der Waals surface area (Å²) in [6, 6.07) is 26.5. The molecule has 0 radical (unpaired) electrons. The first-order chi connectivity index (χ1) is 15.7. The lowest BCUT2D eigenvalue weighted by Gasteiger charge is -2.33. The number of hydrogen-bond acceptors (Lipinski definition) is 7. The van der Waals surface area contributed by atoms with Crippen molar-refractivity contribution >= 4 is 40.7 Å². The van der Waals surface area contributed by atoms with E-state index < -0.39 is 10.8 Å². The Morgan fingerprint density at radius 1 is 0.875 bits per heavy atom. The molecule has 32 heavy (non-hydrogen) atoms. The highest BCUT2D eigenvalue weighted by atomic mass is 35.5. The normalized spacial score (nSPS) is 19.2. The first kappa shape index (κ1) is 19.1. The highest BCUT2D eigenvalue weighted by molar-refractivity contribution is 8.02. The molecule has 0 N–H and O–H groups in total. The van der Waals surface area contributed by atoms with E-state index in [2.05, 4.69) is 15.4 Å². The molecule has 4 aromatic rings. The SMILES string of the molecule is O=C1ON=C(c2ccccc2Cl)C12Sc1nnc(-c3ccccc3)n1N2c1ccccc1. The zero-order valence-corrected chi connectivity index (χ0v) is 18.0. The zero-order chi connectivity index (χ0) is 21.7. The van der Waals surface area contributed by atoms with Crippen molar-refractivity contribution in [2.75, 3.05) is 5.01 Å². The third kappa shape index (κ3) is 2.63. The van der Waals surface area contributed by atoms with Crippen molar-refractivity contribution in [2.24, 2.45) is 5.16 Å². The van der Waals surface area contributed by atoms with E-state index in [1.807, 2.05) is 88.5 Å². The molecule has 1 spiro atoms. The number of nitrogens with zero attached hydrogens (tertiary/aromatic N) is 5. The second-order valence-corrected chi connectivity index (χ2v) is 8.74. The van der Waals surface area contributed by atoms with Crippen LogP contribution < -0.4 is 5.01 Å². The number of anilines is 1. The first-order valence-electron chi connectivity index (χ1n) is 9.80. The number of hydrogen-bond donors (Lipinski definition) is 0. The van der Waals surface area contributed by atoms with E-state index in [4.69, 9.17) is 16.4 Å². The zero-order valence-electron chi connectivity index (χ0n) is 16.4. The minimum atomic E-state index is -1.35. The molecular formula is C23H14ClN5O2S. The molecular weight excluding hydrogens is 446 g/mol. The molecule has 9 heteroatoms. The largest absolute Gasteiger partial charge is 0.379 e. The number of halogens is 1. The molecule has 3 aromatic carbocycles. The molecule has 0 amide bonds. The number of para-hydroxylation sites is 1. The van der Waals surface area contributed by atoms with E-state index in [9.17, 15) is 4.79 Å². The van der Waals surface area contributed by atoms with Crippen LogP contribution in [0, 0.1) is 0 Å². The summed E-state index contributed by atoms with van der Waals surface area (Å²) in [5, 5.41) is 15.8. The van der Waals surface area contributed by atoms with Crippen molar-refractivity contribution in [1.82, 2.24) is 14.9 Å². The Kier molecular flexibility index (Phi) is 4.31. The van der Waals surface area contributed by atoms with Crippen molar-refractivity contribution in [3.63, 3.8) is 0 Å². The number of benzene rings is 3. The summed E-state index contributed by atoms with van der Waals surface area (Å²) >= 11 is 7.75. The molecule has 1 aromatic heterocycles. The molecule has 0 fully saturated rings. The summed E-state index contributed by atoms with van der Waals surface area (Å²) in [6.45, 7) is 0. The van der Waals surface area contributed by atoms with Gasteiger partial charge in [0, 0.05) is 16.1 Å². The maximum absolute atomic E-state index is 13.4. The predicted molar refractivity (Wildman–Crippen MR) is 122 cm³/mol. The van der Waals surface area contributed by atoms with Crippen LogP contribution in [0.4, 0.5) is 5.69 Å². The van der Waals surface area contributed by atoms with Crippen molar-refractivity contribution in [1.29, 1.82) is 0 Å². The van der Waals surface area contributed by atoms with Crippen LogP contribution >= 0.6 is 23.4 Å². The van der Waals surface area contributed by atoms with Gasteiger partial charge in [0.05, 0.1) is 5.69 Å². The van der Waals surface area contributed by atoms with E-state index in [0.29, 0.717) is 27.3 Å². The molecule has 2 aliphatic rings. The number of oxime groups is 1. The average Bonchev–Trinajstić information content (AvgIpc) is 3.48. The third-order valence-electron chi connectivity index (χ3n) is 5.33. The molecule has 0 bridgehead atoms. The van der Waals surface area contributed by atoms with Gasteiger partial charge in [0.1, 0.15) is 5.71 Å². The second kappa shape index (κ2) is 7.22. The molecule has 0 saturated heterocycles. The van der Waals surface area contributed by atoms with Crippen LogP contribution in [0.15, 0.2) is 95.2 Å². The fraction of sp³-hybridized carbons (Fsp3) is 0.0435. The van der Waals surface area contributed by atoms with Gasteiger partial charge in [-0.1, -0.05) is 83.5 Å². The lowest BCUT2D eigenvalue weighted by atomic mass is 10.0. The molecule has 156 valence electrons. The van der Waals surface area contributed by atoms with Gasteiger partial charge in [0.15, 0.2) is 5.82 Å².